The number of rotatable bonds is 4. The second kappa shape index (κ2) is 6.14. The molecule has 1 heterocycles. The number of halogens is 3. The summed E-state index contributed by atoms with van der Waals surface area (Å²) in [5.74, 6) is 0. The van der Waals surface area contributed by atoms with Gasteiger partial charge in [-0.3, -0.25) is 0 Å². The summed E-state index contributed by atoms with van der Waals surface area (Å²) in [5.41, 5.74) is 0.0906. The molecule has 1 aromatic rings. The third-order valence-corrected chi connectivity index (χ3v) is 3.79. The standard InChI is InChI=1S/C15H20F3NO/c1-10-6-7-14(20-10)13(19-2)9-11-4-3-5-12(8-11)15(16,17)18/h3-5,8,10,13-14,19H,6-7,9H2,1-2H3. The van der Waals surface area contributed by atoms with Crippen LogP contribution < -0.4 is 5.32 Å². The van der Waals surface area contributed by atoms with Crippen LogP contribution in [0.2, 0.25) is 0 Å². The van der Waals surface area contributed by atoms with Gasteiger partial charge in [0.1, 0.15) is 0 Å². The van der Waals surface area contributed by atoms with Crippen LogP contribution in [-0.4, -0.2) is 25.3 Å². The molecule has 1 saturated heterocycles. The first-order valence-electron chi connectivity index (χ1n) is 6.89. The Morgan fingerprint density at radius 1 is 1.35 bits per heavy atom. The topological polar surface area (TPSA) is 21.3 Å². The highest BCUT2D eigenvalue weighted by Crippen LogP contribution is 2.30. The lowest BCUT2D eigenvalue weighted by Crippen LogP contribution is -2.39. The Labute approximate surface area is 117 Å². The predicted molar refractivity (Wildman–Crippen MR) is 71.6 cm³/mol. The van der Waals surface area contributed by atoms with Crippen molar-refractivity contribution in [3.8, 4) is 0 Å². The molecule has 1 N–H and O–H groups in total. The van der Waals surface area contributed by atoms with E-state index in [9.17, 15) is 13.2 Å². The van der Waals surface area contributed by atoms with Gasteiger partial charge in [0.2, 0.25) is 0 Å². The van der Waals surface area contributed by atoms with Gasteiger partial charge in [-0.15, -0.1) is 0 Å². The number of hydrogen-bond donors (Lipinski definition) is 1. The van der Waals surface area contributed by atoms with Gasteiger partial charge < -0.3 is 10.1 Å². The minimum atomic E-state index is -4.29. The Hall–Kier alpha value is -1.07. The van der Waals surface area contributed by atoms with E-state index in [1.54, 1.807) is 6.07 Å². The molecule has 1 aliphatic heterocycles. The first kappa shape index (κ1) is 15.3. The van der Waals surface area contributed by atoms with E-state index >= 15 is 0 Å². The summed E-state index contributed by atoms with van der Waals surface area (Å²) >= 11 is 0. The lowest BCUT2D eigenvalue weighted by molar-refractivity contribution is -0.137. The van der Waals surface area contributed by atoms with Crippen LogP contribution in [0.25, 0.3) is 0 Å². The van der Waals surface area contributed by atoms with Crippen molar-refractivity contribution in [3.05, 3.63) is 35.4 Å². The molecule has 1 fully saturated rings. The average Bonchev–Trinajstić information content (AvgIpc) is 2.82. The molecule has 112 valence electrons. The molecular weight excluding hydrogens is 267 g/mol. The largest absolute Gasteiger partial charge is 0.416 e. The molecule has 2 nitrogen and oxygen atoms in total. The smallest absolute Gasteiger partial charge is 0.374 e. The van der Waals surface area contributed by atoms with Crippen LogP contribution in [0, 0.1) is 0 Å². The quantitative estimate of drug-likeness (QED) is 0.916. The third-order valence-electron chi connectivity index (χ3n) is 3.79. The number of ether oxygens (including phenoxy) is 1. The molecule has 0 bridgehead atoms. The van der Waals surface area contributed by atoms with E-state index in [-0.39, 0.29) is 18.2 Å². The maximum absolute atomic E-state index is 12.7. The zero-order valence-corrected chi connectivity index (χ0v) is 11.7. The normalized spacial score (nSPS) is 24.9. The fourth-order valence-corrected chi connectivity index (χ4v) is 2.68. The molecule has 0 spiro atoms. The van der Waals surface area contributed by atoms with Gasteiger partial charge in [-0.1, -0.05) is 18.2 Å². The molecule has 0 saturated carbocycles. The fraction of sp³-hybridized carbons (Fsp3) is 0.600. The minimum absolute atomic E-state index is 0.0448. The van der Waals surface area contributed by atoms with Crippen LogP contribution in [0.4, 0.5) is 13.2 Å². The van der Waals surface area contributed by atoms with Crippen molar-refractivity contribution in [2.75, 3.05) is 7.05 Å². The van der Waals surface area contributed by atoms with Gasteiger partial charge in [0.25, 0.3) is 0 Å². The van der Waals surface area contributed by atoms with Gasteiger partial charge in [0.15, 0.2) is 0 Å². The Kier molecular flexibility index (Phi) is 4.70. The molecule has 5 heteroatoms. The molecule has 0 amide bonds. The number of benzene rings is 1. The summed E-state index contributed by atoms with van der Waals surface area (Å²) in [4.78, 5) is 0. The van der Waals surface area contributed by atoms with Gasteiger partial charge >= 0.3 is 6.18 Å². The number of alkyl halides is 3. The summed E-state index contributed by atoms with van der Waals surface area (Å²) in [6.07, 6.45) is -1.49. The van der Waals surface area contributed by atoms with Gasteiger partial charge in [0, 0.05) is 6.04 Å². The zero-order chi connectivity index (χ0) is 14.8. The monoisotopic (exact) mass is 287 g/mol. The predicted octanol–water partition coefficient (Wildman–Crippen LogP) is 3.40. The maximum atomic E-state index is 12.7. The molecular formula is C15H20F3NO. The summed E-state index contributed by atoms with van der Waals surface area (Å²) in [6.45, 7) is 2.02. The second-order valence-corrected chi connectivity index (χ2v) is 5.36. The Balaban J connectivity index is 2.08. The lowest BCUT2D eigenvalue weighted by atomic mass is 9.98. The summed E-state index contributed by atoms with van der Waals surface area (Å²) in [6, 6.07) is 5.57. The van der Waals surface area contributed by atoms with E-state index < -0.39 is 11.7 Å². The van der Waals surface area contributed by atoms with E-state index in [1.165, 1.54) is 12.1 Å². The molecule has 2 rings (SSSR count). The van der Waals surface area contributed by atoms with Crippen molar-refractivity contribution >= 4 is 0 Å². The first-order valence-corrected chi connectivity index (χ1v) is 6.89. The van der Waals surface area contributed by atoms with Gasteiger partial charge in [0.05, 0.1) is 17.8 Å². The molecule has 3 atom stereocenters. The van der Waals surface area contributed by atoms with Crippen LogP contribution in [0.5, 0.6) is 0 Å². The van der Waals surface area contributed by atoms with Crippen molar-refractivity contribution in [2.45, 2.75) is 50.6 Å². The van der Waals surface area contributed by atoms with Gasteiger partial charge in [-0.05, 0) is 44.9 Å². The molecule has 0 aliphatic carbocycles. The van der Waals surface area contributed by atoms with Crippen LogP contribution in [0.15, 0.2) is 24.3 Å². The van der Waals surface area contributed by atoms with E-state index in [0.717, 1.165) is 18.9 Å². The van der Waals surface area contributed by atoms with E-state index in [1.807, 2.05) is 14.0 Å². The minimum Gasteiger partial charge on any atom is -0.374 e. The molecule has 20 heavy (non-hydrogen) atoms. The highest BCUT2D eigenvalue weighted by atomic mass is 19.4. The van der Waals surface area contributed by atoms with Crippen molar-refractivity contribution < 1.29 is 17.9 Å². The zero-order valence-electron chi connectivity index (χ0n) is 11.7. The molecule has 0 radical (unpaired) electrons. The van der Waals surface area contributed by atoms with Crippen LogP contribution in [0.3, 0.4) is 0 Å². The van der Waals surface area contributed by atoms with Crippen molar-refractivity contribution in [1.82, 2.24) is 5.32 Å². The van der Waals surface area contributed by atoms with Crippen molar-refractivity contribution in [2.24, 2.45) is 0 Å². The number of likely N-dealkylation sites (N-methyl/N-ethyl adjacent to an activating group) is 1. The van der Waals surface area contributed by atoms with E-state index in [4.69, 9.17) is 4.74 Å². The van der Waals surface area contributed by atoms with Crippen molar-refractivity contribution in [1.29, 1.82) is 0 Å². The SMILES string of the molecule is CNC(Cc1cccc(C(F)(F)F)c1)C1CCC(C)O1. The van der Waals surface area contributed by atoms with Gasteiger partial charge in [-0.25, -0.2) is 0 Å². The highest BCUT2D eigenvalue weighted by molar-refractivity contribution is 5.26. The Morgan fingerprint density at radius 2 is 2.10 bits per heavy atom. The lowest BCUT2D eigenvalue weighted by Gasteiger charge is -2.23. The van der Waals surface area contributed by atoms with E-state index in [2.05, 4.69) is 5.32 Å². The molecule has 1 aliphatic rings. The van der Waals surface area contributed by atoms with E-state index in [0.29, 0.717) is 12.0 Å². The molecule has 0 aromatic heterocycles. The maximum Gasteiger partial charge on any atom is 0.416 e. The average molecular weight is 287 g/mol. The summed E-state index contributed by atoms with van der Waals surface area (Å²) in [5, 5.41) is 3.16. The second-order valence-electron chi connectivity index (χ2n) is 5.36. The molecule has 1 aromatic carbocycles. The first-order chi connectivity index (χ1) is 9.40. The fourth-order valence-electron chi connectivity index (χ4n) is 2.68. The summed E-state index contributed by atoms with van der Waals surface area (Å²) < 4.78 is 43.9. The Morgan fingerprint density at radius 3 is 2.65 bits per heavy atom. The highest BCUT2D eigenvalue weighted by Gasteiger charge is 2.32. The van der Waals surface area contributed by atoms with Crippen molar-refractivity contribution in [3.63, 3.8) is 0 Å². The molecule has 3 unspecified atom stereocenters. The summed E-state index contributed by atoms with van der Waals surface area (Å²) in [7, 11) is 1.82. The van der Waals surface area contributed by atoms with Crippen LogP contribution in [-0.2, 0) is 17.3 Å². The number of nitrogens with one attached hydrogen (secondary N) is 1. The van der Waals surface area contributed by atoms with Gasteiger partial charge in [-0.2, -0.15) is 13.2 Å². The number of hydrogen-bond acceptors (Lipinski definition) is 2. The Bertz CT molecular complexity index is 447. The van der Waals surface area contributed by atoms with Crippen LogP contribution in [0.1, 0.15) is 30.9 Å². The van der Waals surface area contributed by atoms with Crippen LogP contribution >= 0.6 is 0 Å². The third kappa shape index (κ3) is 3.73.